The Morgan fingerprint density at radius 2 is 1.86 bits per heavy atom. The first kappa shape index (κ1) is 29.0. The van der Waals surface area contributed by atoms with Crippen LogP contribution in [0.15, 0.2) is 36.4 Å². The smallest absolute Gasteiger partial charge is 0.337 e. The van der Waals surface area contributed by atoms with E-state index in [-0.39, 0.29) is 34.8 Å². The van der Waals surface area contributed by atoms with Crippen LogP contribution in [0.25, 0.3) is 0 Å². The average molecular weight is 502 g/mol. The van der Waals surface area contributed by atoms with Gasteiger partial charge in [0.25, 0.3) is 0 Å². The summed E-state index contributed by atoms with van der Waals surface area (Å²) in [6, 6.07) is 7.21. The maximum Gasteiger partial charge on any atom is 0.337 e. The summed E-state index contributed by atoms with van der Waals surface area (Å²) >= 11 is 0. The van der Waals surface area contributed by atoms with Crippen molar-refractivity contribution >= 4 is 26.0 Å². The number of benzene rings is 1. The second-order valence-corrected chi connectivity index (χ2v) is 15.8. The first-order valence-electron chi connectivity index (χ1n) is 12.7. The zero-order valence-corrected chi connectivity index (χ0v) is 23.6. The van der Waals surface area contributed by atoms with Gasteiger partial charge in [-0.15, -0.1) is 0 Å². The predicted molar refractivity (Wildman–Crippen MR) is 142 cm³/mol. The van der Waals surface area contributed by atoms with Crippen LogP contribution in [0.1, 0.15) is 75.7 Å². The predicted octanol–water partition coefficient (Wildman–Crippen LogP) is 5.71. The Morgan fingerprint density at radius 3 is 2.46 bits per heavy atom. The molecular formula is C28H43NO5Si. The number of nitrogens with zero attached hydrogens (tertiary/aromatic N) is 1. The van der Waals surface area contributed by atoms with Crippen molar-refractivity contribution in [3.05, 3.63) is 47.5 Å². The van der Waals surface area contributed by atoms with Gasteiger partial charge in [0, 0.05) is 25.5 Å². The standard InChI is InChI=1S/C28H43NO5Si/c1-21(34-35(6,7)28(2,3)4)9-8-10-25(30)17-15-24-16-18-26(31)29(24)20-19-22-11-13-23(14-12-22)27(32)33-5/h11-15,17,21,24H,8-10,16,18-20H2,1-7H3/t21-,24-/m0/s1. The molecule has 2 atom stereocenters. The monoisotopic (exact) mass is 501 g/mol. The molecule has 1 fully saturated rings. The molecule has 2 rings (SSSR count). The number of ether oxygens (including phenoxy) is 1. The van der Waals surface area contributed by atoms with Gasteiger partial charge in [0.15, 0.2) is 14.1 Å². The van der Waals surface area contributed by atoms with Gasteiger partial charge in [-0.3, -0.25) is 9.59 Å². The SMILES string of the molecule is COC(=O)c1ccc(CCN2C(=O)CC[C@@H]2C=CC(=O)CCC[C@H](C)O[Si](C)(C)C(C)(C)C)cc1. The first-order chi connectivity index (χ1) is 16.3. The maximum absolute atomic E-state index is 12.4. The third-order valence-electron chi connectivity index (χ3n) is 7.23. The Balaban J connectivity index is 1.80. The van der Waals surface area contributed by atoms with Gasteiger partial charge in [0.1, 0.15) is 0 Å². The topological polar surface area (TPSA) is 72.9 Å². The van der Waals surface area contributed by atoms with Crippen molar-refractivity contribution in [2.75, 3.05) is 13.7 Å². The van der Waals surface area contributed by atoms with E-state index in [2.05, 4.69) is 40.8 Å². The molecule has 0 saturated carbocycles. The van der Waals surface area contributed by atoms with Crippen LogP contribution in [0.4, 0.5) is 0 Å². The number of hydrogen-bond acceptors (Lipinski definition) is 5. The molecular weight excluding hydrogens is 458 g/mol. The van der Waals surface area contributed by atoms with E-state index in [4.69, 9.17) is 9.16 Å². The van der Waals surface area contributed by atoms with Crippen LogP contribution in [0.5, 0.6) is 0 Å². The Labute approximate surface area is 212 Å². The fraction of sp³-hybridized carbons (Fsp3) is 0.607. The maximum atomic E-state index is 12.4. The lowest BCUT2D eigenvalue weighted by Gasteiger charge is -2.38. The van der Waals surface area contributed by atoms with Gasteiger partial charge in [-0.05, 0) is 74.5 Å². The molecule has 0 radical (unpaired) electrons. The highest BCUT2D eigenvalue weighted by Crippen LogP contribution is 2.37. The number of methoxy groups -OCH3 is 1. The van der Waals surface area contributed by atoms with Crippen molar-refractivity contribution in [3.8, 4) is 0 Å². The van der Waals surface area contributed by atoms with Gasteiger partial charge in [0.2, 0.25) is 5.91 Å². The van der Waals surface area contributed by atoms with E-state index in [9.17, 15) is 14.4 Å². The normalized spacial score (nSPS) is 17.7. The van der Waals surface area contributed by atoms with Gasteiger partial charge in [-0.2, -0.15) is 0 Å². The van der Waals surface area contributed by atoms with Crippen LogP contribution in [0.2, 0.25) is 18.1 Å². The lowest BCUT2D eigenvalue weighted by molar-refractivity contribution is -0.128. The van der Waals surface area contributed by atoms with Gasteiger partial charge in [-0.25, -0.2) is 4.79 Å². The number of carbonyl (C=O) groups excluding carboxylic acids is 3. The molecule has 1 heterocycles. The summed E-state index contributed by atoms with van der Waals surface area (Å²) in [6.07, 6.45) is 7.80. The summed E-state index contributed by atoms with van der Waals surface area (Å²) < 4.78 is 11.1. The summed E-state index contributed by atoms with van der Waals surface area (Å²) in [6.45, 7) is 13.9. The van der Waals surface area contributed by atoms with E-state index in [1.54, 1.807) is 18.2 Å². The van der Waals surface area contributed by atoms with Crippen molar-refractivity contribution in [1.82, 2.24) is 4.90 Å². The lowest BCUT2D eigenvalue weighted by atomic mass is 10.1. The molecule has 1 aromatic rings. The molecule has 0 bridgehead atoms. The largest absolute Gasteiger partial charge is 0.465 e. The minimum absolute atomic E-state index is 0.0402. The third kappa shape index (κ3) is 8.72. The Kier molecular flexibility index (Phi) is 10.5. The quantitative estimate of drug-likeness (QED) is 0.208. The highest BCUT2D eigenvalue weighted by molar-refractivity contribution is 6.74. The number of allylic oxidation sites excluding steroid dienone is 1. The zero-order valence-electron chi connectivity index (χ0n) is 22.6. The van der Waals surface area contributed by atoms with Crippen molar-refractivity contribution in [1.29, 1.82) is 0 Å². The van der Waals surface area contributed by atoms with Crippen molar-refractivity contribution in [3.63, 3.8) is 0 Å². The molecule has 194 valence electrons. The van der Waals surface area contributed by atoms with E-state index in [1.807, 2.05) is 23.1 Å². The zero-order chi connectivity index (χ0) is 26.2. The molecule has 7 heteroatoms. The molecule has 1 aromatic carbocycles. The minimum atomic E-state index is -1.79. The van der Waals surface area contributed by atoms with Crippen LogP contribution in [0.3, 0.4) is 0 Å². The van der Waals surface area contributed by atoms with Crippen LogP contribution in [0, 0.1) is 0 Å². The molecule has 1 aliphatic heterocycles. The number of likely N-dealkylation sites (tertiary alicyclic amines) is 1. The third-order valence-corrected chi connectivity index (χ3v) is 11.8. The average Bonchev–Trinajstić information content (AvgIpc) is 3.14. The molecule has 1 amide bonds. The van der Waals surface area contributed by atoms with Crippen LogP contribution < -0.4 is 0 Å². The summed E-state index contributed by atoms with van der Waals surface area (Å²) in [4.78, 5) is 38.3. The molecule has 1 saturated heterocycles. The van der Waals surface area contributed by atoms with E-state index < -0.39 is 8.32 Å². The van der Waals surface area contributed by atoms with Gasteiger partial charge >= 0.3 is 5.97 Å². The summed E-state index contributed by atoms with van der Waals surface area (Å²) in [5, 5.41) is 0.177. The number of amides is 1. The van der Waals surface area contributed by atoms with Gasteiger partial charge in [0.05, 0.1) is 18.7 Å². The van der Waals surface area contributed by atoms with Crippen molar-refractivity contribution < 1.29 is 23.5 Å². The highest BCUT2D eigenvalue weighted by Gasteiger charge is 2.38. The Hall–Kier alpha value is -2.25. The lowest BCUT2D eigenvalue weighted by Crippen LogP contribution is -2.43. The van der Waals surface area contributed by atoms with Crippen LogP contribution in [-0.4, -0.2) is 56.7 Å². The second kappa shape index (κ2) is 12.6. The summed E-state index contributed by atoms with van der Waals surface area (Å²) in [5.74, 6) is -0.143. The van der Waals surface area contributed by atoms with Crippen molar-refractivity contribution in [2.45, 2.75) is 96.5 Å². The number of rotatable bonds is 12. The molecule has 0 unspecified atom stereocenters. The number of hydrogen-bond donors (Lipinski definition) is 0. The first-order valence-corrected chi connectivity index (χ1v) is 15.6. The molecule has 35 heavy (non-hydrogen) atoms. The summed E-state index contributed by atoms with van der Waals surface area (Å²) in [5.41, 5.74) is 1.55. The fourth-order valence-electron chi connectivity index (χ4n) is 4.03. The molecule has 0 aliphatic carbocycles. The van der Waals surface area contributed by atoms with Crippen LogP contribution >= 0.6 is 0 Å². The Bertz CT molecular complexity index is 901. The molecule has 0 aromatic heterocycles. The van der Waals surface area contributed by atoms with Gasteiger partial charge in [-0.1, -0.05) is 39.0 Å². The minimum Gasteiger partial charge on any atom is -0.465 e. The fourth-order valence-corrected chi connectivity index (χ4v) is 5.50. The van der Waals surface area contributed by atoms with E-state index in [0.29, 0.717) is 31.4 Å². The summed E-state index contributed by atoms with van der Waals surface area (Å²) in [7, 11) is -0.432. The van der Waals surface area contributed by atoms with E-state index in [1.165, 1.54) is 7.11 Å². The van der Waals surface area contributed by atoms with E-state index in [0.717, 1.165) is 24.8 Å². The number of esters is 1. The Morgan fingerprint density at radius 1 is 1.20 bits per heavy atom. The molecule has 0 N–H and O–H groups in total. The number of ketones is 1. The van der Waals surface area contributed by atoms with Crippen LogP contribution in [-0.2, 0) is 25.2 Å². The molecule has 0 spiro atoms. The highest BCUT2D eigenvalue weighted by atomic mass is 28.4. The molecule has 1 aliphatic rings. The molecule has 6 nitrogen and oxygen atoms in total. The van der Waals surface area contributed by atoms with Crippen molar-refractivity contribution in [2.24, 2.45) is 0 Å². The van der Waals surface area contributed by atoms with E-state index >= 15 is 0 Å². The van der Waals surface area contributed by atoms with Gasteiger partial charge < -0.3 is 14.1 Å². The number of carbonyl (C=O) groups is 3. The second-order valence-electron chi connectivity index (χ2n) is 11.0.